The van der Waals surface area contributed by atoms with Crippen LogP contribution in [0.2, 0.25) is 0 Å². The minimum atomic E-state index is -0.707. The van der Waals surface area contributed by atoms with E-state index >= 15 is 0 Å². The lowest BCUT2D eigenvalue weighted by atomic mass is 9.83. The maximum absolute atomic E-state index is 13.4. The Morgan fingerprint density at radius 1 is 1.08 bits per heavy atom. The van der Waals surface area contributed by atoms with Crippen molar-refractivity contribution in [2.45, 2.75) is 82.5 Å². The Morgan fingerprint density at radius 2 is 1.82 bits per heavy atom. The van der Waals surface area contributed by atoms with Crippen molar-refractivity contribution >= 4 is 29.5 Å². The number of thioether (sulfide) groups is 1. The van der Waals surface area contributed by atoms with Gasteiger partial charge in [-0.15, -0.1) is 10.2 Å². The van der Waals surface area contributed by atoms with Crippen LogP contribution in [0.3, 0.4) is 0 Å². The Labute approximate surface area is 228 Å². The number of hydrogen-bond acceptors (Lipinski definition) is 8. The summed E-state index contributed by atoms with van der Waals surface area (Å²) < 4.78 is 5.63. The Hall–Kier alpha value is -2.72. The fourth-order valence-corrected chi connectivity index (χ4v) is 5.75. The SMILES string of the molecule is CSc1nnc(C(CC(C)C)C(=O)NC(=O)[C@@H]2CCCC[C@@H]2NC(=O)c2ccccc2CN2CCCC2)o1. The number of carbonyl (C=O) groups is 3. The van der Waals surface area contributed by atoms with Crippen molar-refractivity contribution in [3.05, 3.63) is 41.3 Å². The molecule has 1 aliphatic carbocycles. The average Bonchev–Trinajstić information content (AvgIpc) is 3.60. The second kappa shape index (κ2) is 13.4. The van der Waals surface area contributed by atoms with E-state index in [4.69, 9.17) is 4.42 Å². The van der Waals surface area contributed by atoms with Crippen LogP contribution in [0.5, 0.6) is 0 Å². The van der Waals surface area contributed by atoms with E-state index in [1.54, 1.807) is 0 Å². The molecule has 3 atom stereocenters. The summed E-state index contributed by atoms with van der Waals surface area (Å²) in [6.07, 6.45) is 7.79. The summed E-state index contributed by atoms with van der Waals surface area (Å²) in [7, 11) is 0. The molecule has 1 aromatic carbocycles. The van der Waals surface area contributed by atoms with E-state index in [-0.39, 0.29) is 29.7 Å². The Bertz CT molecular complexity index is 1110. The second-order valence-corrected chi connectivity index (χ2v) is 11.5. The van der Waals surface area contributed by atoms with E-state index < -0.39 is 17.7 Å². The van der Waals surface area contributed by atoms with Gasteiger partial charge in [0.15, 0.2) is 0 Å². The molecular weight excluding hydrogens is 502 g/mol. The number of aromatic nitrogens is 2. The molecule has 38 heavy (non-hydrogen) atoms. The fraction of sp³-hybridized carbons (Fsp3) is 0.607. The molecule has 1 unspecified atom stereocenters. The third-order valence-electron chi connectivity index (χ3n) is 7.44. The highest BCUT2D eigenvalue weighted by atomic mass is 32.2. The fourth-order valence-electron chi connectivity index (χ4n) is 5.46. The molecule has 2 N–H and O–H groups in total. The van der Waals surface area contributed by atoms with Crippen molar-refractivity contribution in [2.75, 3.05) is 19.3 Å². The Kier molecular flexibility index (Phi) is 9.96. The molecule has 2 aromatic rings. The Balaban J connectivity index is 1.43. The summed E-state index contributed by atoms with van der Waals surface area (Å²) in [5, 5.41) is 14.1. The third kappa shape index (κ3) is 7.22. The van der Waals surface area contributed by atoms with Gasteiger partial charge in [0.1, 0.15) is 5.92 Å². The van der Waals surface area contributed by atoms with Crippen LogP contribution in [-0.4, -0.2) is 58.2 Å². The molecule has 1 aromatic heterocycles. The van der Waals surface area contributed by atoms with Crippen molar-refractivity contribution < 1.29 is 18.8 Å². The summed E-state index contributed by atoms with van der Waals surface area (Å²) in [6, 6.07) is 7.36. The zero-order valence-electron chi connectivity index (χ0n) is 22.6. The smallest absolute Gasteiger partial charge is 0.276 e. The largest absolute Gasteiger partial charge is 0.415 e. The van der Waals surface area contributed by atoms with Gasteiger partial charge in [-0.3, -0.25) is 24.6 Å². The number of hydrogen-bond donors (Lipinski definition) is 2. The second-order valence-electron chi connectivity index (χ2n) is 10.8. The summed E-state index contributed by atoms with van der Waals surface area (Å²) in [5.41, 5.74) is 1.65. The quantitative estimate of drug-likeness (QED) is 0.431. The van der Waals surface area contributed by atoms with Gasteiger partial charge in [0.05, 0.1) is 5.92 Å². The number of likely N-dealkylation sites (tertiary alicyclic amines) is 1. The predicted molar refractivity (Wildman–Crippen MR) is 146 cm³/mol. The van der Waals surface area contributed by atoms with Gasteiger partial charge in [0.2, 0.25) is 17.7 Å². The summed E-state index contributed by atoms with van der Waals surface area (Å²) in [5.74, 6) is -1.74. The van der Waals surface area contributed by atoms with Gasteiger partial charge in [-0.25, -0.2) is 0 Å². The molecule has 1 saturated carbocycles. The van der Waals surface area contributed by atoms with Crippen molar-refractivity contribution in [1.29, 1.82) is 0 Å². The van der Waals surface area contributed by atoms with Crippen LogP contribution in [0.4, 0.5) is 0 Å². The molecule has 2 heterocycles. The summed E-state index contributed by atoms with van der Waals surface area (Å²) >= 11 is 1.31. The molecule has 0 spiro atoms. The topological polar surface area (TPSA) is 117 Å². The van der Waals surface area contributed by atoms with E-state index in [0.717, 1.165) is 38.0 Å². The lowest BCUT2D eigenvalue weighted by molar-refractivity contribution is -0.135. The minimum absolute atomic E-state index is 0.163. The molecule has 0 radical (unpaired) electrons. The minimum Gasteiger partial charge on any atom is -0.415 e. The zero-order chi connectivity index (χ0) is 27.1. The van der Waals surface area contributed by atoms with E-state index in [2.05, 4.69) is 25.7 Å². The predicted octanol–water partition coefficient (Wildman–Crippen LogP) is 4.15. The molecule has 3 amide bonds. The molecule has 10 heteroatoms. The first kappa shape index (κ1) is 28.3. The molecule has 206 valence electrons. The summed E-state index contributed by atoms with van der Waals surface area (Å²) in [6.45, 7) is 6.85. The number of nitrogens with one attached hydrogen (secondary N) is 2. The lowest BCUT2D eigenvalue weighted by Crippen LogP contribution is -2.50. The van der Waals surface area contributed by atoms with Crippen molar-refractivity contribution in [3.63, 3.8) is 0 Å². The zero-order valence-corrected chi connectivity index (χ0v) is 23.4. The third-order valence-corrected chi connectivity index (χ3v) is 7.95. The maximum Gasteiger partial charge on any atom is 0.276 e. The molecule has 9 nitrogen and oxygen atoms in total. The van der Waals surface area contributed by atoms with Gasteiger partial charge in [0.25, 0.3) is 11.1 Å². The van der Waals surface area contributed by atoms with E-state index in [1.165, 1.54) is 24.6 Å². The normalized spacial score (nSPS) is 20.8. The Morgan fingerprint density at radius 3 is 2.53 bits per heavy atom. The number of nitrogens with zero attached hydrogens (tertiary/aromatic N) is 3. The van der Waals surface area contributed by atoms with Crippen molar-refractivity contribution in [1.82, 2.24) is 25.7 Å². The van der Waals surface area contributed by atoms with E-state index in [1.807, 2.05) is 44.4 Å². The number of amides is 3. The van der Waals surface area contributed by atoms with Crippen LogP contribution >= 0.6 is 11.8 Å². The van der Waals surface area contributed by atoms with Gasteiger partial charge in [-0.05, 0) is 69.0 Å². The highest BCUT2D eigenvalue weighted by Crippen LogP contribution is 2.28. The maximum atomic E-state index is 13.4. The first-order valence-electron chi connectivity index (χ1n) is 13.7. The van der Waals surface area contributed by atoms with Gasteiger partial charge < -0.3 is 9.73 Å². The monoisotopic (exact) mass is 541 g/mol. The molecular formula is C28H39N5O4S. The van der Waals surface area contributed by atoms with E-state index in [0.29, 0.717) is 30.0 Å². The molecule has 4 rings (SSSR count). The standard InChI is InChI=1S/C28H39N5O4S/c1-18(2)16-22(27-31-32-28(37-27)38-3)26(36)30-25(35)21-12-6-7-13-23(21)29-24(34)20-11-5-4-10-19(20)17-33-14-8-9-15-33/h4-5,10-11,18,21-23H,6-9,12-17H2,1-3H3,(H,29,34)(H,30,35,36)/t21-,22?,23+/m1/s1. The first-order chi connectivity index (χ1) is 18.4. The van der Waals surface area contributed by atoms with Crippen LogP contribution < -0.4 is 10.6 Å². The lowest BCUT2D eigenvalue weighted by Gasteiger charge is -2.31. The van der Waals surface area contributed by atoms with Gasteiger partial charge >= 0.3 is 0 Å². The molecule has 2 aliphatic rings. The molecule has 2 fully saturated rings. The number of rotatable bonds is 10. The number of benzene rings is 1. The van der Waals surface area contributed by atoms with Crippen molar-refractivity contribution in [3.8, 4) is 0 Å². The van der Waals surface area contributed by atoms with Crippen LogP contribution in [0.25, 0.3) is 0 Å². The van der Waals surface area contributed by atoms with Gasteiger partial charge in [-0.1, -0.05) is 56.7 Å². The van der Waals surface area contributed by atoms with Gasteiger partial charge in [0, 0.05) is 18.2 Å². The van der Waals surface area contributed by atoms with Crippen LogP contribution in [0, 0.1) is 11.8 Å². The van der Waals surface area contributed by atoms with Crippen LogP contribution in [0.15, 0.2) is 33.9 Å². The number of imide groups is 1. The van der Waals surface area contributed by atoms with Gasteiger partial charge in [-0.2, -0.15) is 0 Å². The van der Waals surface area contributed by atoms with E-state index in [9.17, 15) is 14.4 Å². The van der Waals surface area contributed by atoms with Crippen molar-refractivity contribution in [2.24, 2.45) is 11.8 Å². The highest BCUT2D eigenvalue weighted by molar-refractivity contribution is 7.98. The molecule has 1 saturated heterocycles. The molecule has 0 bridgehead atoms. The summed E-state index contributed by atoms with van der Waals surface area (Å²) in [4.78, 5) is 42.3. The average molecular weight is 542 g/mol. The highest BCUT2D eigenvalue weighted by Gasteiger charge is 2.36. The molecule has 1 aliphatic heterocycles. The van der Waals surface area contributed by atoms with Crippen LogP contribution in [-0.2, 0) is 16.1 Å². The first-order valence-corrected chi connectivity index (χ1v) is 14.9. The number of carbonyl (C=O) groups excluding carboxylic acids is 3. The van der Waals surface area contributed by atoms with Crippen LogP contribution in [0.1, 0.15) is 86.5 Å².